The average molecular weight is 543 g/mol. The predicted octanol–water partition coefficient (Wildman–Crippen LogP) is 8.84. The van der Waals surface area contributed by atoms with Gasteiger partial charge in [-0.2, -0.15) is 17.6 Å². The fraction of sp³-hybridized carbons (Fsp3) is 0.226. The smallest absolute Gasteiger partial charge is 0.433 e. The van der Waals surface area contributed by atoms with Crippen LogP contribution in [-0.2, 0) is 6.42 Å². The molecule has 0 aliphatic carbocycles. The van der Waals surface area contributed by atoms with Crippen LogP contribution < -0.4 is 14.2 Å². The van der Waals surface area contributed by atoms with Crippen LogP contribution in [0.3, 0.4) is 0 Å². The van der Waals surface area contributed by atoms with Crippen LogP contribution in [0.1, 0.15) is 25.8 Å². The first-order valence-corrected chi connectivity index (χ1v) is 12.5. The van der Waals surface area contributed by atoms with Gasteiger partial charge in [-0.15, -0.1) is 0 Å². The Kier molecular flexibility index (Phi) is 8.74. The standard InChI is InChI=1S/C31H27F5O3/c1-3-5-20-6-8-21(9-7-20)22-10-12-23(13-11-22)24-14-15-26(25(32)18-24)38-19-31(35,36)39-28-17-16-27(37-4-2)29(33)30(28)34/h6-18H,3-5,19H2,1-2H3. The molecule has 0 fully saturated rings. The third-order valence-corrected chi connectivity index (χ3v) is 5.94. The Morgan fingerprint density at radius 2 is 1.13 bits per heavy atom. The first kappa shape index (κ1) is 28.0. The van der Waals surface area contributed by atoms with E-state index >= 15 is 0 Å². The Labute approximate surface area is 223 Å². The molecular weight excluding hydrogens is 515 g/mol. The molecule has 0 amide bonds. The number of rotatable bonds is 11. The lowest BCUT2D eigenvalue weighted by Gasteiger charge is -2.19. The zero-order valence-electron chi connectivity index (χ0n) is 21.4. The first-order chi connectivity index (χ1) is 18.7. The van der Waals surface area contributed by atoms with Gasteiger partial charge in [0.05, 0.1) is 6.61 Å². The van der Waals surface area contributed by atoms with E-state index in [-0.39, 0.29) is 6.61 Å². The summed E-state index contributed by atoms with van der Waals surface area (Å²) in [5, 5.41) is 0. The first-order valence-electron chi connectivity index (χ1n) is 12.5. The number of hydrogen-bond donors (Lipinski definition) is 0. The average Bonchev–Trinajstić information content (AvgIpc) is 2.93. The van der Waals surface area contributed by atoms with Crippen LogP contribution in [0.2, 0.25) is 0 Å². The van der Waals surface area contributed by atoms with E-state index in [2.05, 4.69) is 35.9 Å². The van der Waals surface area contributed by atoms with Crippen LogP contribution in [0.5, 0.6) is 17.2 Å². The van der Waals surface area contributed by atoms with Crippen molar-refractivity contribution < 1.29 is 36.2 Å². The van der Waals surface area contributed by atoms with Gasteiger partial charge < -0.3 is 14.2 Å². The fourth-order valence-electron chi connectivity index (χ4n) is 4.02. The summed E-state index contributed by atoms with van der Waals surface area (Å²) in [6.07, 6.45) is -1.97. The molecule has 4 aromatic rings. The van der Waals surface area contributed by atoms with Gasteiger partial charge in [0.1, 0.15) is 0 Å². The summed E-state index contributed by atoms with van der Waals surface area (Å²) in [5.74, 6) is -5.84. The van der Waals surface area contributed by atoms with Crippen LogP contribution in [0, 0.1) is 17.5 Å². The van der Waals surface area contributed by atoms with Crippen molar-refractivity contribution in [1.29, 1.82) is 0 Å². The molecule has 3 nitrogen and oxygen atoms in total. The zero-order valence-corrected chi connectivity index (χ0v) is 21.4. The second kappa shape index (κ2) is 12.2. The molecule has 8 heteroatoms. The molecule has 0 spiro atoms. The minimum absolute atomic E-state index is 0.0593. The van der Waals surface area contributed by atoms with E-state index in [1.807, 2.05) is 24.3 Å². The van der Waals surface area contributed by atoms with Gasteiger partial charge in [-0.05, 0) is 65.4 Å². The minimum Gasteiger partial charge on any atom is -0.491 e. The predicted molar refractivity (Wildman–Crippen MR) is 140 cm³/mol. The molecule has 0 heterocycles. The third-order valence-electron chi connectivity index (χ3n) is 5.94. The third kappa shape index (κ3) is 6.88. The molecule has 0 saturated carbocycles. The molecule has 0 aliphatic heterocycles. The lowest BCUT2D eigenvalue weighted by molar-refractivity contribution is -0.197. The number of ether oxygens (including phenoxy) is 3. The minimum atomic E-state index is -4.07. The summed E-state index contributed by atoms with van der Waals surface area (Å²) in [6.45, 7) is 2.32. The molecule has 0 radical (unpaired) electrons. The van der Waals surface area contributed by atoms with Gasteiger partial charge in [-0.25, -0.2) is 4.39 Å². The summed E-state index contributed by atoms with van der Waals surface area (Å²) < 4.78 is 85.4. The Balaban J connectivity index is 1.40. The molecule has 4 rings (SSSR count). The van der Waals surface area contributed by atoms with Gasteiger partial charge in [-0.3, -0.25) is 0 Å². The number of hydrogen-bond acceptors (Lipinski definition) is 3. The van der Waals surface area contributed by atoms with E-state index in [0.717, 1.165) is 41.7 Å². The van der Waals surface area contributed by atoms with Crippen molar-refractivity contribution in [1.82, 2.24) is 0 Å². The maximum atomic E-state index is 14.7. The molecule has 204 valence electrons. The molecule has 0 atom stereocenters. The molecular formula is C31H27F5O3. The maximum Gasteiger partial charge on any atom is 0.433 e. The quantitative estimate of drug-likeness (QED) is 0.177. The van der Waals surface area contributed by atoms with Gasteiger partial charge in [0, 0.05) is 0 Å². The van der Waals surface area contributed by atoms with Crippen molar-refractivity contribution in [2.75, 3.05) is 13.2 Å². The van der Waals surface area contributed by atoms with Gasteiger partial charge in [0.25, 0.3) is 0 Å². The highest BCUT2D eigenvalue weighted by Gasteiger charge is 2.35. The highest BCUT2D eigenvalue weighted by atomic mass is 19.3. The van der Waals surface area contributed by atoms with Gasteiger partial charge in [-0.1, -0.05) is 67.9 Å². The van der Waals surface area contributed by atoms with Crippen molar-refractivity contribution in [3.05, 3.63) is 102 Å². The normalized spacial score (nSPS) is 11.4. The lowest BCUT2D eigenvalue weighted by atomic mass is 9.99. The van der Waals surface area contributed by atoms with E-state index in [9.17, 15) is 22.0 Å². The summed E-state index contributed by atoms with van der Waals surface area (Å²) >= 11 is 0. The van der Waals surface area contributed by atoms with E-state index in [1.54, 1.807) is 6.92 Å². The Morgan fingerprint density at radius 3 is 1.72 bits per heavy atom. The second-order valence-corrected chi connectivity index (χ2v) is 8.82. The Bertz CT molecular complexity index is 1400. The van der Waals surface area contributed by atoms with Crippen LogP contribution in [0.25, 0.3) is 22.3 Å². The number of benzene rings is 4. The Morgan fingerprint density at radius 1 is 0.615 bits per heavy atom. The number of aryl methyl sites for hydroxylation is 1. The highest BCUT2D eigenvalue weighted by Crippen LogP contribution is 2.33. The monoisotopic (exact) mass is 542 g/mol. The van der Waals surface area contributed by atoms with Crippen LogP contribution >= 0.6 is 0 Å². The molecule has 0 bridgehead atoms. The van der Waals surface area contributed by atoms with Crippen LogP contribution in [-0.4, -0.2) is 19.3 Å². The van der Waals surface area contributed by atoms with Gasteiger partial charge in [0.2, 0.25) is 11.6 Å². The zero-order chi connectivity index (χ0) is 28.0. The molecule has 39 heavy (non-hydrogen) atoms. The van der Waals surface area contributed by atoms with Crippen molar-refractivity contribution in [2.24, 2.45) is 0 Å². The largest absolute Gasteiger partial charge is 0.491 e. The molecule has 0 N–H and O–H groups in total. The second-order valence-electron chi connectivity index (χ2n) is 8.82. The van der Waals surface area contributed by atoms with Crippen molar-refractivity contribution in [2.45, 2.75) is 32.8 Å². The summed E-state index contributed by atoms with van der Waals surface area (Å²) in [5.41, 5.74) is 4.60. The van der Waals surface area contributed by atoms with Gasteiger partial charge >= 0.3 is 6.11 Å². The topological polar surface area (TPSA) is 27.7 Å². The maximum absolute atomic E-state index is 14.7. The fourth-order valence-corrected chi connectivity index (χ4v) is 4.02. The van der Waals surface area contributed by atoms with E-state index < -0.39 is 47.4 Å². The lowest BCUT2D eigenvalue weighted by Crippen LogP contribution is -2.33. The van der Waals surface area contributed by atoms with Crippen molar-refractivity contribution in [3.63, 3.8) is 0 Å². The molecule has 0 saturated heterocycles. The molecule has 0 aromatic heterocycles. The van der Waals surface area contributed by atoms with Crippen LogP contribution in [0.4, 0.5) is 22.0 Å². The SMILES string of the molecule is CCCc1ccc(-c2ccc(-c3ccc(OCC(F)(F)Oc4ccc(OCC)c(F)c4F)c(F)c3)cc2)cc1. The van der Waals surface area contributed by atoms with Crippen molar-refractivity contribution in [3.8, 4) is 39.5 Å². The highest BCUT2D eigenvalue weighted by molar-refractivity contribution is 5.71. The number of alkyl halides is 2. The summed E-state index contributed by atoms with van der Waals surface area (Å²) in [7, 11) is 0. The number of halogens is 5. The summed E-state index contributed by atoms with van der Waals surface area (Å²) in [4.78, 5) is 0. The Hall–Kier alpha value is -4.07. The van der Waals surface area contributed by atoms with Crippen LogP contribution in [0.15, 0.2) is 78.9 Å². The van der Waals surface area contributed by atoms with Gasteiger partial charge in [0.15, 0.2) is 29.7 Å². The van der Waals surface area contributed by atoms with E-state index in [1.165, 1.54) is 23.8 Å². The molecule has 4 aromatic carbocycles. The van der Waals surface area contributed by atoms with Crippen molar-refractivity contribution >= 4 is 0 Å². The molecule has 0 unspecified atom stereocenters. The summed E-state index contributed by atoms with van der Waals surface area (Å²) in [6, 6.07) is 21.6. The molecule has 0 aliphatic rings. The van der Waals surface area contributed by atoms with E-state index in [0.29, 0.717) is 5.56 Å². The van der Waals surface area contributed by atoms with E-state index in [4.69, 9.17) is 9.47 Å².